The minimum atomic E-state index is -4.56. The molecule has 2 aromatic carbocycles. The normalized spacial score (nSPS) is 14.5. The molecule has 1 aliphatic rings. The largest absolute Gasteiger partial charge is 0.481 e. The predicted octanol–water partition coefficient (Wildman–Crippen LogP) is 4.77. The number of likely N-dealkylation sites (tertiary alicyclic amines) is 1. The van der Waals surface area contributed by atoms with Gasteiger partial charge in [0.2, 0.25) is 0 Å². The van der Waals surface area contributed by atoms with Gasteiger partial charge in [-0.05, 0) is 61.6 Å². The third-order valence-corrected chi connectivity index (χ3v) is 5.07. The van der Waals surface area contributed by atoms with Gasteiger partial charge >= 0.3 is 12.1 Å². The van der Waals surface area contributed by atoms with Gasteiger partial charge < -0.3 is 14.7 Å². The summed E-state index contributed by atoms with van der Waals surface area (Å²) in [7, 11) is 0. The zero-order valence-corrected chi connectivity index (χ0v) is 16.5. The van der Waals surface area contributed by atoms with Crippen LogP contribution in [0.1, 0.15) is 40.7 Å². The Morgan fingerprint density at radius 1 is 1.07 bits per heavy atom. The second-order valence-corrected chi connectivity index (χ2v) is 7.27. The molecule has 1 heterocycles. The number of carbonyl (C=O) groups excluding carboxylic acids is 1. The summed E-state index contributed by atoms with van der Waals surface area (Å²) in [5.41, 5.74) is 0.789. The number of piperidine rings is 1. The van der Waals surface area contributed by atoms with Crippen LogP contribution in [-0.2, 0) is 11.0 Å². The van der Waals surface area contributed by atoms with Crippen molar-refractivity contribution in [1.29, 1.82) is 0 Å². The highest BCUT2D eigenvalue weighted by Crippen LogP contribution is 2.38. The molecule has 1 aliphatic heterocycles. The smallest absolute Gasteiger partial charge is 0.416 e. The average Bonchev–Trinajstić information content (AvgIpc) is 2.71. The number of aryl methyl sites for hydroxylation is 1. The van der Waals surface area contributed by atoms with E-state index in [9.17, 15) is 22.8 Å². The average molecular weight is 421 g/mol. The van der Waals surface area contributed by atoms with Gasteiger partial charge in [-0.25, -0.2) is 4.79 Å². The summed E-state index contributed by atoms with van der Waals surface area (Å²) in [5, 5.41) is 8.84. The second kappa shape index (κ2) is 8.77. The van der Waals surface area contributed by atoms with Crippen molar-refractivity contribution in [2.24, 2.45) is 0 Å². The number of alkyl halides is 3. The van der Waals surface area contributed by atoms with E-state index >= 15 is 0 Å². The molecular formula is C22H22F3NO4. The number of ether oxygens (including phenoxy) is 1. The second-order valence-electron chi connectivity index (χ2n) is 7.27. The number of carboxylic acid groups (broad SMARTS) is 1. The quantitative estimate of drug-likeness (QED) is 0.755. The van der Waals surface area contributed by atoms with E-state index < -0.39 is 24.3 Å². The fourth-order valence-electron chi connectivity index (χ4n) is 3.54. The van der Waals surface area contributed by atoms with Gasteiger partial charge in [0.25, 0.3) is 5.91 Å². The summed E-state index contributed by atoms with van der Waals surface area (Å²) in [6.07, 6.45) is -1.55. The summed E-state index contributed by atoms with van der Waals surface area (Å²) in [6, 6.07) is 7.68. The van der Waals surface area contributed by atoms with Crippen molar-refractivity contribution in [2.45, 2.75) is 32.4 Å². The number of hydrogen-bond acceptors (Lipinski definition) is 3. The van der Waals surface area contributed by atoms with Gasteiger partial charge in [-0.3, -0.25) is 4.79 Å². The highest BCUT2D eigenvalue weighted by atomic mass is 19.4. The molecule has 1 fully saturated rings. The highest BCUT2D eigenvalue weighted by molar-refractivity contribution is 5.96. The lowest BCUT2D eigenvalue weighted by molar-refractivity contribution is -0.140. The monoisotopic (exact) mass is 421 g/mol. The first-order chi connectivity index (χ1) is 14.2. The molecule has 160 valence electrons. The standard InChI is InChI=1S/C22H22F3NO4/c1-14-11-15(5-7-17(14)21(29)26-9-3-2-4-10-26)18-12-16(22(23,24)25)6-8-19(18)30-13-20(27)28/h5-8,11-12H,2-4,9-10,13H2,1H3,(H,27,28). The molecule has 0 spiro atoms. The number of rotatable bonds is 5. The SMILES string of the molecule is Cc1cc(-c2cc(C(F)(F)F)ccc2OCC(=O)O)ccc1C(=O)N1CCCCC1. The molecule has 2 aromatic rings. The van der Waals surface area contributed by atoms with Crippen LogP contribution >= 0.6 is 0 Å². The van der Waals surface area contributed by atoms with Gasteiger partial charge in [0.1, 0.15) is 5.75 Å². The number of hydrogen-bond donors (Lipinski definition) is 1. The molecule has 1 saturated heterocycles. The molecule has 8 heteroatoms. The first-order valence-electron chi connectivity index (χ1n) is 9.63. The van der Waals surface area contributed by atoms with Crippen LogP contribution in [0.25, 0.3) is 11.1 Å². The highest BCUT2D eigenvalue weighted by Gasteiger charge is 2.31. The molecule has 0 radical (unpaired) electrons. The van der Waals surface area contributed by atoms with Crippen LogP contribution in [0, 0.1) is 6.92 Å². The van der Waals surface area contributed by atoms with Crippen molar-refractivity contribution in [2.75, 3.05) is 19.7 Å². The van der Waals surface area contributed by atoms with Crippen LogP contribution in [0.15, 0.2) is 36.4 Å². The van der Waals surface area contributed by atoms with Crippen molar-refractivity contribution < 1.29 is 32.6 Å². The van der Waals surface area contributed by atoms with Gasteiger partial charge in [0, 0.05) is 24.2 Å². The molecule has 30 heavy (non-hydrogen) atoms. The van der Waals surface area contributed by atoms with Crippen molar-refractivity contribution in [3.05, 3.63) is 53.1 Å². The molecular weight excluding hydrogens is 399 g/mol. The number of benzene rings is 2. The van der Waals surface area contributed by atoms with Crippen molar-refractivity contribution >= 4 is 11.9 Å². The lowest BCUT2D eigenvalue weighted by Crippen LogP contribution is -2.35. The van der Waals surface area contributed by atoms with Gasteiger partial charge in [-0.15, -0.1) is 0 Å². The van der Waals surface area contributed by atoms with E-state index in [2.05, 4.69) is 0 Å². The Balaban J connectivity index is 1.97. The fraction of sp³-hybridized carbons (Fsp3) is 0.364. The van der Waals surface area contributed by atoms with E-state index in [1.54, 1.807) is 30.0 Å². The Hall–Kier alpha value is -3.03. The summed E-state index contributed by atoms with van der Waals surface area (Å²) in [4.78, 5) is 25.4. The molecule has 5 nitrogen and oxygen atoms in total. The fourth-order valence-corrected chi connectivity index (χ4v) is 3.54. The molecule has 0 atom stereocenters. The predicted molar refractivity (Wildman–Crippen MR) is 105 cm³/mol. The van der Waals surface area contributed by atoms with Crippen LogP contribution in [0.3, 0.4) is 0 Å². The maximum Gasteiger partial charge on any atom is 0.416 e. The Labute approximate surface area is 172 Å². The summed E-state index contributed by atoms with van der Waals surface area (Å²) < 4.78 is 44.8. The van der Waals surface area contributed by atoms with Crippen LogP contribution in [0.5, 0.6) is 5.75 Å². The third-order valence-electron chi connectivity index (χ3n) is 5.07. The Bertz CT molecular complexity index is 950. The molecule has 0 bridgehead atoms. The summed E-state index contributed by atoms with van der Waals surface area (Å²) in [5.74, 6) is -1.30. The van der Waals surface area contributed by atoms with Crippen LogP contribution < -0.4 is 4.74 Å². The third kappa shape index (κ3) is 4.93. The van der Waals surface area contributed by atoms with Gasteiger partial charge in [-0.1, -0.05) is 12.1 Å². The molecule has 1 N–H and O–H groups in total. The Kier molecular flexibility index (Phi) is 6.34. The summed E-state index contributed by atoms with van der Waals surface area (Å²) >= 11 is 0. The van der Waals surface area contributed by atoms with Gasteiger partial charge in [0.15, 0.2) is 6.61 Å². The van der Waals surface area contributed by atoms with E-state index in [1.807, 2.05) is 0 Å². The first kappa shape index (κ1) is 21.7. The van der Waals surface area contributed by atoms with Crippen LogP contribution in [-0.4, -0.2) is 41.6 Å². The number of amides is 1. The number of nitrogens with zero attached hydrogens (tertiary/aromatic N) is 1. The van der Waals surface area contributed by atoms with E-state index in [-0.39, 0.29) is 17.2 Å². The summed E-state index contributed by atoms with van der Waals surface area (Å²) in [6.45, 7) is 2.44. The van der Waals surface area contributed by atoms with Crippen molar-refractivity contribution in [3.8, 4) is 16.9 Å². The minimum Gasteiger partial charge on any atom is -0.481 e. The molecule has 1 amide bonds. The lowest BCUT2D eigenvalue weighted by Gasteiger charge is -2.27. The van der Waals surface area contributed by atoms with Crippen LogP contribution in [0.2, 0.25) is 0 Å². The van der Waals surface area contributed by atoms with E-state index in [1.165, 1.54) is 0 Å². The Morgan fingerprint density at radius 2 is 1.77 bits per heavy atom. The van der Waals surface area contributed by atoms with E-state index in [0.29, 0.717) is 29.8 Å². The minimum absolute atomic E-state index is 0.0277. The number of halogens is 3. The van der Waals surface area contributed by atoms with Gasteiger partial charge in [0.05, 0.1) is 5.56 Å². The molecule has 0 aromatic heterocycles. The maximum atomic E-state index is 13.2. The zero-order valence-electron chi connectivity index (χ0n) is 16.5. The number of carboxylic acids is 1. The zero-order chi connectivity index (χ0) is 21.9. The number of carbonyl (C=O) groups is 2. The Morgan fingerprint density at radius 3 is 2.37 bits per heavy atom. The molecule has 0 unspecified atom stereocenters. The van der Waals surface area contributed by atoms with E-state index in [0.717, 1.165) is 37.5 Å². The molecule has 3 rings (SSSR count). The number of aliphatic carboxylic acids is 1. The molecule has 0 saturated carbocycles. The topological polar surface area (TPSA) is 66.8 Å². The van der Waals surface area contributed by atoms with E-state index in [4.69, 9.17) is 9.84 Å². The van der Waals surface area contributed by atoms with Crippen molar-refractivity contribution in [3.63, 3.8) is 0 Å². The van der Waals surface area contributed by atoms with Crippen molar-refractivity contribution in [1.82, 2.24) is 4.90 Å². The van der Waals surface area contributed by atoms with Gasteiger partial charge in [-0.2, -0.15) is 13.2 Å². The molecule has 0 aliphatic carbocycles. The maximum absolute atomic E-state index is 13.2. The first-order valence-corrected chi connectivity index (χ1v) is 9.63. The lowest BCUT2D eigenvalue weighted by atomic mass is 9.96. The van der Waals surface area contributed by atoms with Crippen LogP contribution in [0.4, 0.5) is 13.2 Å².